The number of amides is 1. The summed E-state index contributed by atoms with van der Waals surface area (Å²) in [6, 6.07) is 21.9. The summed E-state index contributed by atoms with van der Waals surface area (Å²) in [5, 5.41) is 2.74. The molecule has 3 aromatic carbocycles. The Morgan fingerprint density at radius 1 is 0.808 bits per heavy atom. The molecular formula is C20H18N2O3S. The lowest BCUT2D eigenvalue weighted by Gasteiger charge is -2.10. The van der Waals surface area contributed by atoms with Crippen molar-refractivity contribution >= 4 is 27.3 Å². The number of hydrogen-bond donors (Lipinski definition) is 2. The van der Waals surface area contributed by atoms with Crippen molar-refractivity contribution in [1.82, 2.24) is 0 Å². The van der Waals surface area contributed by atoms with Gasteiger partial charge in [-0.15, -0.1) is 0 Å². The van der Waals surface area contributed by atoms with Crippen LogP contribution in [0.4, 0.5) is 11.4 Å². The van der Waals surface area contributed by atoms with Gasteiger partial charge in [0.2, 0.25) is 0 Å². The molecule has 6 heteroatoms. The minimum atomic E-state index is -3.79. The van der Waals surface area contributed by atoms with Gasteiger partial charge in [-0.05, 0) is 49.4 Å². The number of carbonyl (C=O) groups is 1. The minimum absolute atomic E-state index is 0.0267. The minimum Gasteiger partial charge on any atom is -0.322 e. The highest BCUT2D eigenvalue weighted by Crippen LogP contribution is 2.18. The molecule has 0 atom stereocenters. The number of para-hydroxylation sites is 1. The van der Waals surface area contributed by atoms with E-state index in [9.17, 15) is 13.2 Å². The Labute approximate surface area is 152 Å². The number of rotatable bonds is 5. The monoisotopic (exact) mass is 366 g/mol. The van der Waals surface area contributed by atoms with Crippen molar-refractivity contribution in [1.29, 1.82) is 0 Å². The Hall–Kier alpha value is -3.12. The van der Waals surface area contributed by atoms with Crippen LogP contribution in [0.2, 0.25) is 0 Å². The van der Waals surface area contributed by atoms with Crippen LogP contribution in [0.5, 0.6) is 0 Å². The second-order valence-corrected chi connectivity index (χ2v) is 7.50. The largest absolute Gasteiger partial charge is 0.322 e. The molecule has 3 rings (SSSR count). The summed E-state index contributed by atoms with van der Waals surface area (Å²) < 4.78 is 27.7. The quantitative estimate of drug-likeness (QED) is 0.715. The fourth-order valence-electron chi connectivity index (χ4n) is 2.36. The van der Waals surface area contributed by atoms with Gasteiger partial charge in [-0.3, -0.25) is 9.52 Å². The van der Waals surface area contributed by atoms with Gasteiger partial charge in [0, 0.05) is 16.9 Å². The molecule has 1 amide bonds. The molecule has 0 aromatic heterocycles. The highest BCUT2D eigenvalue weighted by molar-refractivity contribution is 7.92. The van der Waals surface area contributed by atoms with Crippen molar-refractivity contribution in [2.45, 2.75) is 11.8 Å². The summed E-state index contributed by atoms with van der Waals surface area (Å²) in [6.07, 6.45) is 0. The molecule has 0 unspecified atom stereocenters. The molecule has 3 aromatic rings. The first-order valence-electron chi connectivity index (χ1n) is 8.00. The van der Waals surface area contributed by atoms with Gasteiger partial charge in [0.15, 0.2) is 0 Å². The zero-order valence-corrected chi connectivity index (χ0v) is 15.0. The van der Waals surface area contributed by atoms with Crippen LogP contribution in [0.15, 0.2) is 83.8 Å². The third-order valence-electron chi connectivity index (χ3n) is 3.74. The maximum atomic E-state index is 12.6. The van der Waals surface area contributed by atoms with Crippen LogP contribution in [-0.4, -0.2) is 14.3 Å². The van der Waals surface area contributed by atoms with Crippen molar-refractivity contribution in [3.8, 4) is 0 Å². The molecular weight excluding hydrogens is 348 g/mol. The molecule has 0 bridgehead atoms. The third kappa shape index (κ3) is 4.29. The number of anilines is 2. The van der Waals surface area contributed by atoms with Gasteiger partial charge in [0.05, 0.1) is 4.90 Å². The zero-order valence-electron chi connectivity index (χ0n) is 14.1. The van der Waals surface area contributed by atoms with Crippen LogP contribution in [0.1, 0.15) is 15.9 Å². The van der Waals surface area contributed by atoms with Crippen LogP contribution in [0.3, 0.4) is 0 Å². The zero-order chi connectivity index (χ0) is 18.6. The predicted octanol–water partition coefficient (Wildman–Crippen LogP) is 4.05. The molecule has 0 saturated carbocycles. The lowest BCUT2D eigenvalue weighted by atomic mass is 10.2. The predicted molar refractivity (Wildman–Crippen MR) is 103 cm³/mol. The summed E-state index contributed by atoms with van der Waals surface area (Å²) in [7, 11) is -3.79. The van der Waals surface area contributed by atoms with E-state index in [-0.39, 0.29) is 16.4 Å². The topological polar surface area (TPSA) is 75.3 Å². The average molecular weight is 366 g/mol. The van der Waals surface area contributed by atoms with E-state index in [2.05, 4.69) is 10.0 Å². The summed E-state index contributed by atoms with van der Waals surface area (Å²) >= 11 is 0. The number of nitrogens with one attached hydrogen (secondary N) is 2. The van der Waals surface area contributed by atoms with Gasteiger partial charge in [-0.25, -0.2) is 8.42 Å². The van der Waals surface area contributed by atoms with Gasteiger partial charge in [-0.2, -0.15) is 0 Å². The molecule has 0 aliphatic heterocycles. The van der Waals surface area contributed by atoms with Gasteiger partial charge in [-0.1, -0.05) is 42.0 Å². The first-order chi connectivity index (χ1) is 12.4. The fourth-order valence-corrected chi connectivity index (χ4v) is 3.47. The average Bonchev–Trinajstić information content (AvgIpc) is 2.64. The molecule has 5 nitrogen and oxygen atoms in total. The SMILES string of the molecule is Cc1ccc(NS(=O)(=O)c2cccc(C(=O)Nc3ccccc3)c2)cc1. The Morgan fingerprint density at radius 3 is 2.19 bits per heavy atom. The van der Waals surface area contributed by atoms with Gasteiger partial charge in [0.25, 0.3) is 15.9 Å². The van der Waals surface area contributed by atoms with Crippen molar-refractivity contribution in [3.63, 3.8) is 0 Å². The van der Waals surface area contributed by atoms with E-state index in [1.54, 1.807) is 36.4 Å². The van der Waals surface area contributed by atoms with Crippen molar-refractivity contribution in [2.24, 2.45) is 0 Å². The van der Waals surface area contributed by atoms with Gasteiger partial charge in [0.1, 0.15) is 0 Å². The molecule has 0 aliphatic carbocycles. The lowest BCUT2D eigenvalue weighted by Crippen LogP contribution is -2.16. The number of carbonyl (C=O) groups excluding carboxylic acids is 1. The summed E-state index contributed by atoms with van der Waals surface area (Å²) in [5.74, 6) is -0.372. The molecule has 0 saturated heterocycles. The first kappa shape index (κ1) is 17.7. The van der Waals surface area contributed by atoms with Crippen LogP contribution >= 0.6 is 0 Å². The number of sulfonamides is 1. The van der Waals surface area contributed by atoms with Crippen LogP contribution in [0, 0.1) is 6.92 Å². The van der Waals surface area contributed by atoms with E-state index in [1.807, 2.05) is 37.3 Å². The molecule has 2 N–H and O–H groups in total. The Kier molecular flexibility index (Phi) is 5.04. The third-order valence-corrected chi connectivity index (χ3v) is 5.12. The highest BCUT2D eigenvalue weighted by Gasteiger charge is 2.16. The maximum Gasteiger partial charge on any atom is 0.261 e. The second-order valence-electron chi connectivity index (χ2n) is 5.82. The molecule has 0 fully saturated rings. The van der Waals surface area contributed by atoms with Crippen LogP contribution in [0.25, 0.3) is 0 Å². The van der Waals surface area contributed by atoms with Gasteiger partial charge >= 0.3 is 0 Å². The van der Waals surface area contributed by atoms with Crippen LogP contribution < -0.4 is 10.0 Å². The number of benzene rings is 3. The number of hydrogen-bond acceptors (Lipinski definition) is 3. The maximum absolute atomic E-state index is 12.6. The van der Waals surface area contributed by atoms with E-state index >= 15 is 0 Å². The molecule has 0 heterocycles. The molecule has 132 valence electrons. The molecule has 0 radical (unpaired) electrons. The lowest BCUT2D eigenvalue weighted by molar-refractivity contribution is 0.102. The van der Waals surface area contributed by atoms with Crippen molar-refractivity contribution < 1.29 is 13.2 Å². The normalized spacial score (nSPS) is 11.0. The van der Waals surface area contributed by atoms with E-state index in [0.717, 1.165) is 5.56 Å². The Morgan fingerprint density at radius 2 is 1.50 bits per heavy atom. The fraction of sp³-hybridized carbons (Fsp3) is 0.0500. The summed E-state index contributed by atoms with van der Waals surface area (Å²) in [4.78, 5) is 12.4. The van der Waals surface area contributed by atoms with E-state index in [0.29, 0.717) is 11.4 Å². The standard InChI is InChI=1S/C20H18N2O3S/c1-15-10-12-18(13-11-15)22-26(24,25)19-9-5-6-16(14-19)20(23)21-17-7-3-2-4-8-17/h2-14,22H,1H3,(H,21,23). The molecule has 26 heavy (non-hydrogen) atoms. The van der Waals surface area contributed by atoms with Crippen LogP contribution in [-0.2, 0) is 10.0 Å². The van der Waals surface area contributed by atoms with Gasteiger partial charge < -0.3 is 5.32 Å². The summed E-state index contributed by atoms with van der Waals surface area (Å²) in [5.41, 5.74) is 2.41. The Bertz CT molecular complexity index is 1010. The molecule has 0 aliphatic rings. The first-order valence-corrected chi connectivity index (χ1v) is 9.48. The summed E-state index contributed by atoms with van der Waals surface area (Å²) in [6.45, 7) is 1.92. The molecule has 0 spiro atoms. The van der Waals surface area contributed by atoms with E-state index < -0.39 is 10.0 Å². The smallest absolute Gasteiger partial charge is 0.261 e. The van der Waals surface area contributed by atoms with Crippen molar-refractivity contribution in [3.05, 3.63) is 90.0 Å². The Balaban J connectivity index is 1.81. The van der Waals surface area contributed by atoms with E-state index in [1.165, 1.54) is 12.1 Å². The second kappa shape index (κ2) is 7.41. The van der Waals surface area contributed by atoms with E-state index in [4.69, 9.17) is 0 Å². The highest BCUT2D eigenvalue weighted by atomic mass is 32.2. The number of aryl methyl sites for hydroxylation is 1. The van der Waals surface area contributed by atoms with Crippen molar-refractivity contribution in [2.75, 3.05) is 10.0 Å².